The molecule has 0 saturated heterocycles. The molecule has 0 amide bonds. The lowest BCUT2D eigenvalue weighted by Gasteiger charge is -2.07. The van der Waals surface area contributed by atoms with Crippen LogP contribution in [0.4, 0.5) is 0 Å². The Kier molecular flexibility index (Phi) is 3.39. The summed E-state index contributed by atoms with van der Waals surface area (Å²) in [6, 6.07) is 18.8. The van der Waals surface area contributed by atoms with Crippen LogP contribution >= 0.6 is 0 Å². The van der Waals surface area contributed by atoms with E-state index < -0.39 is 0 Å². The number of benzene rings is 2. The van der Waals surface area contributed by atoms with E-state index >= 15 is 0 Å². The maximum Gasteiger partial charge on any atom is -0.00741 e. The molecule has 0 aliphatic rings. The molecule has 0 saturated carbocycles. The topological polar surface area (TPSA) is 26.0 Å². The molecule has 1 heteroatoms. The van der Waals surface area contributed by atoms with Crippen LogP contribution in [0.25, 0.3) is 11.1 Å². The van der Waals surface area contributed by atoms with Crippen molar-refractivity contribution < 1.29 is 0 Å². The average molecular weight is 209 g/mol. The van der Waals surface area contributed by atoms with Gasteiger partial charge in [0.05, 0.1) is 0 Å². The van der Waals surface area contributed by atoms with Gasteiger partial charge in [-0.15, -0.1) is 0 Å². The third-order valence-electron chi connectivity index (χ3n) is 2.58. The highest BCUT2D eigenvalue weighted by molar-refractivity contribution is 5.67. The lowest BCUT2D eigenvalue weighted by atomic mass is 9.98. The minimum absolute atomic E-state index is 0.877. The van der Waals surface area contributed by atoms with Gasteiger partial charge in [0.15, 0.2) is 0 Å². The molecule has 0 aliphatic carbocycles. The minimum atomic E-state index is 0.877. The van der Waals surface area contributed by atoms with E-state index in [4.69, 9.17) is 5.73 Å². The Balaban J connectivity index is 2.40. The van der Waals surface area contributed by atoms with Crippen LogP contribution in [0.1, 0.15) is 5.56 Å². The standard InChI is InChI=1S/C15H15N/c16-12-6-10-14-9-4-5-11-15(14)13-7-2-1-3-8-13/h1-9,11-12H,10,16H2. The van der Waals surface area contributed by atoms with Gasteiger partial charge in [0, 0.05) is 0 Å². The zero-order chi connectivity index (χ0) is 11.2. The first-order chi connectivity index (χ1) is 7.92. The summed E-state index contributed by atoms with van der Waals surface area (Å²) in [6.07, 6.45) is 4.45. The molecule has 16 heavy (non-hydrogen) atoms. The molecule has 2 aromatic carbocycles. The lowest BCUT2D eigenvalue weighted by molar-refractivity contribution is 1.26. The minimum Gasteiger partial charge on any atom is -0.405 e. The van der Waals surface area contributed by atoms with Crippen LogP contribution in [-0.4, -0.2) is 0 Å². The second-order valence-electron chi connectivity index (χ2n) is 3.66. The van der Waals surface area contributed by atoms with E-state index in [2.05, 4.69) is 48.5 Å². The third-order valence-corrected chi connectivity index (χ3v) is 2.58. The Morgan fingerprint density at radius 3 is 2.31 bits per heavy atom. The lowest BCUT2D eigenvalue weighted by Crippen LogP contribution is -1.88. The molecule has 0 fully saturated rings. The Morgan fingerprint density at radius 2 is 1.56 bits per heavy atom. The van der Waals surface area contributed by atoms with Crippen molar-refractivity contribution in [3.63, 3.8) is 0 Å². The molecule has 2 aromatic rings. The highest BCUT2D eigenvalue weighted by Gasteiger charge is 2.01. The van der Waals surface area contributed by atoms with Gasteiger partial charge in [-0.3, -0.25) is 0 Å². The average Bonchev–Trinajstić information content (AvgIpc) is 2.38. The van der Waals surface area contributed by atoms with Crippen molar-refractivity contribution in [3.8, 4) is 11.1 Å². The van der Waals surface area contributed by atoms with Crippen LogP contribution in [0.2, 0.25) is 0 Å². The van der Waals surface area contributed by atoms with Crippen LogP contribution < -0.4 is 5.73 Å². The van der Waals surface area contributed by atoms with Crippen molar-refractivity contribution in [3.05, 3.63) is 72.4 Å². The molecular formula is C15H15N. The van der Waals surface area contributed by atoms with E-state index in [-0.39, 0.29) is 0 Å². The van der Waals surface area contributed by atoms with Gasteiger partial charge in [-0.25, -0.2) is 0 Å². The summed E-state index contributed by atoms with van der Waals surface area (Å²) in [5.74, 6) is 0. The first-order valence-corrected chi connectivity index (χ1v) is 5.42. The zero-order valence-electron chi connectivity index (χ0n) is 9.14. The smallest absolute Gasteiger partial charge is 0.00741 e. The maximum atomic E-state index is 5.38. The molecule has 0 spiro atoms. The highest BCUT2D eigenvalue weighted by Crippen LogP contribution is 2.23. The second-order valence-corrected chi connectivity index (χ2v) is 3.66. The third kappa shape index (κ3) is 2.31. The zero-order valence-corrected chi connectivity index (χ0v) is 9.14. The molecule has 80 valence electrons. The number of hydrogen-bond acceptors (Lipinski definition) is 1. The van der Waals surface area contributed by atoms with Gasteiger partial charge in [-0.05, 0) is 29.3 Å². The maximum absolute atomic E-state index is 5.38. The van der Waals surface area contributed by atoms with Crippen molar-refractivity contribution in [2.75, 3.05) is 0 Å². The quantitative estimate of drug-likeness (QED) is 0.824. The SMILES string of the molecule is NC=CCc1ccccc1-c1ccccc1. The normalized spacial score (nSPS) is 10.8. The van der Waals surface area contributed by atoms with Gasteiger partial charge in [0.25, 0.3) is 0 Å². The first-order valence-electron chi connectivity index (χ1n) is 5.42. The second kappa shape index (κ2) is 5.17. The summed E-state index contributed by atoms with van der Waals surface area (Å²) in [5.41, 5.74) is 9.22. The van der Waals surface area contributed by atoms with E-state index in [9.17, 15) is 0 Å². The van der Waals surface area contributed by atoms with E-state index in [0.717, 1.165) is 6.42 Å². The van der Waals surface area contributed by atoms with Gasteiger partial charge in [-0.1, -0.05) is 60.7 Å². The predicted octanol–water partition coefficient (Wildman–Crippen LogP) is 3.37. The predicted molar refractivity (Wildman–Crippen MR) is 68.9 cm³/mol. The number of nitrogens with two attached hydrogens (primary N) is 1. The molecule has 0 bridgehead atoms. The number of allylic oxidation sites excluding steroid dienone is 1. The van der Waals surface area contributed by atoms with Gasteiger partial charge in [-0.2, -0.15) is 0 Å². The van der Waals surface area contributed by atoms with E-state index in [1.54, 1.807) is 6.20 Å². The Bertz CT molecular complexity index is 472. The van der Waals surface area contributed by atoms with Crippen LogP contribution in [0, 0.1) is 0 Å². The fourth-order valence-electron chi connectivity index (χ4n) is 1.79. The van der Waals surface area contributed by atoms with E-state index in [1.807, 2.05) is 12.1 Å². The summed E-state index contributed by atoms with van der Waals surface area (Å²) in [7, 11) is 0. The molecule has 0 radical (unpaired) electrons. The van der Waals surface area contributed by atoms with Crippen molar-refractivity contribution in [2.24, 2.45) is 5.73 Å². The van der Waals surface area contributed by atoms with Gasteiger partial charge < -0.3 is 5.73 Å². The van der Waals surface area contributed by atoms with Gasteiger partial charge in [0.1, 0.15) is 0 Å². The van der Waals surface area contributed by atoms with E-state index in [0.29, 0.717) is 0 Å². The molecule has 2 N–H and O–H groups in total. The van der Waals surface area contributed by atoms with Crippen LogP contribution in [0.5, 0.6) is 0 Å². The van der Waals surface area contributed by atoms with Crippen LogP contribution in [-0.2, 0) is 6.42 Å². The molecule has 0 atom stereocenters. The summed E-state index contributed by atoms with van der Waals surface area (Å²) in [4.78, 5) is 0. The molecule has 2 rings (SSSR count). The monoisotopic (exact) mass is 209 g/mol. The van der Waals surface area contributed by atoms with E-state index in [1.165, 1.54) is 16.7 Å². The largest absolute Gasteiger partial charge is 0.405 e. The molecule has 0 aliphatic heterocycles. The summed E-state index contributed by atoms with van der Waals surface area (Å²) >= 11 is 0. The molecule has 0 heterocycles. The first kappa shape index (κ1) is 10.5. The molecule has 0 unspecified atom stereocenters. The van der Waals surface area contributed by atoms with Crippen molar-refractivity contribution in [2.45, 2.75) is 6.42 Å². The van der Waals surface area contributed by atoms with Gasteiger partial charge >= 0.3 is 0 Å². The highest BCUT2D eigenvalue weighted by atomic mass is 14.5. The fraction of sp³-hybridized carbons (Fsp3) is 0.0667. The number of rotatable bonds is 3. The molecule has 1 nitrogen and oxygen atoms in total. The summed E-state index contributed by atoms with van der Waals surface area (Å²) < 4.78 is 0. The van der Waals surface area contributed by atoms with Crippen molar-refractivity contribution in [1.29, 1.82) is 0 Å². The van der Waals surface area contributed by atoms with Crippen LogP contribution in [0.15, 0.2) is 66.9 Å². The van der Waals surface area contributed by atoms with Crippen molar-refractivity contribution in [1.82, 2.24) is 0 Å². The summed E-state index contributed by atoms with van der Waals surface area (Å²) in [5, 5.41) is 0. The van der Waals surface area contributed by atoms with Crippen LogP contribution in [0.3, 0.4) is 0 Å². The summed E-state index contributed by atoms with van der Waals surface area (Å²) in [6.45, 7) is 0. The molecular weight excluding hydrogens is 194 g/mol. The van der Waals surface area contributed by atoms with Crippen molar-refractivity contribution >= 4 is 0 Å². The Hall–Kier alpha value is -2.02. The molecule has 0 aromatic heterocycles. The number of hydrogen-bond donors (Lipinski definition) is 1. The fourth-order valence-corrected chi connectivity index (χ4v) is 1.79. The van der Waals surface area contributed by atoms with Gasteiger partial charge in [0.2, 0.25) is 0 Å². The Labute approximate surface area is 96.2 Å². The Morgan fingerprint density at radius 1 is 0.875 bits per heavy atom.